The molecule has 0 bridgehead atoms. The molecule has 1 heterocycles. The number of para-hydroxylation sites is 2. The monoisotopic (exact) mass is 248 g/mol. The number of rotatable bonds is 2. The maximum atomic E-state index is 4.41. The molecule has 2 aromatic rings. The molecule has 0 saturated heterocycles. The van der Waals surface area contributed by atoms with Gasteiger partial charge in [0.25, 0.3) is 0 Å². The molecule has 1 aromatic carbocycles. The van der Waals surface area contributed by atoms with Gasteiger partial charge in [-0.25, -0.2) is 4.98 Å². The average Bonchev–Trinajstić information content (AvgIpc) is 2.47. The van der Waals surface area contributed by atoms with E-state index in [1.54, 1.807) is 11.8 Å². The molecule has 0 amide bonds. The van der Waals surface area contributed by atoms with E-state index in [0.717, 1.165) is 21.9 Å². The standard InChI is InChI=1S/C9H10N2S.2ClH/c1-2-12-9-10-7-5-3-4-6-8(7)11-9;;/h3-6H,2H2,1H3,(H,10,11);2*1H/p-2. The van der Waals surface area contributed by atoms with Crippen LogP contribution >= 0.6 is 11.8 Å². The van der Waals surface area contributed by atoms with Crippen molar-refractivity contribution in [2.75, 3.05) is 5.75 Å². The largest absolute Gasteiger partial charge is 1.00 e. The quantitative estimate of drug-likeness (QED) is 0.564. The van der Waals surface area contributed by atoms with Gasteiger partial charge in [-0.2, -0.15) is 0 Å². The number of nitrogens with zero attached hydrogens (tertiary/aromatic N) is 1. The predicted molar refractivity (Wildman–Crippen MR) is 52.5 cm³/mol. The van der Waals surface area contributed by atoms with Crippen LogP contribution in [0.3, 0.4) is 0 Å². The fourth-order valence-corrected chi connectivity index (χ4v) is 1.75. The van der Waals surface area contributed by atoms with E-state index in [0.29, 0.717) is 0 Å². The lowest BCUT2D eigenvalue weighted by Gasteiger charge is -1.86. The minimum Gasteiger partial charge on any atom is -1.00 e. The molecule has 2 rings (SSSR count). The van der Waals surface area contributed by atoms with E-state index in [4.69, 9.17) is 0 Å². The Kier molecular flexibility index (Phi) is 6.00. The van der Waals surface area contributed by atoms with E-state index in [2.05, 4.69) is 16.9 Å². The first kappa shape index (κ1) is 13.6. The number of imidazole rings is 1. The molecule has 78 valence electrons. The first-order valence-corrected chi connectivity index (χ1v) is 4.96. The first-order valence-electron chi connectivity index (χ1n) is 3.97. The van der Waals surface area contributed by atoms with Gasteiger partial charge in [-0.3, -0.25) is 0 Å². The Morgan fingerprint density at radius 3 is 2.64 bits per heavy atom. The second-order valence-corrected chi connectivity index (χ2v) is 3.74. The fraction of sp³-hybridized carbons (Fsp3) is 0.222. The Labute approximate surface area is 99.7 Å². The van der Waals surface area contributed by atoms with Crippen molar-refractivity contribution in [1.29, 1.82) is 0 Å². The maximum absolute atomic E-state index is 4.41. The molecule has 2 nitrogen and oxygen atoms in total. The predicted octanol–water partition coefficient (Wildman–Crippen LogP) is -3.32. The van der Waals surface area contributed by atoms with Crippen LogP contribution in [0.1, 0.15) is 6.92 Å². The van der Waals surface area contributed by atoms with E-state index in [1.807, 2.05) is 24.3 Å². The summed E-state index contributed by atoms with van der Waals surface area (Å²) < 4.78 is 0. The van der Waals surface area contributed by atoms with Crippen LogP contribution < -0.4 is 24.8 Å². The van der Waals surface area contributed by atoms with E-state index < -0.39 is 0 Å². The van der Waals surface area contributed by atoms with Gasteiger partial charge in [0.15, 0.2) is 5.16 Å². The summed E-state index contributed by atoms with van der Waals surface area (Å²) in [4.78, 5) is 7.66. The molecule has 1 aromatic heterocycles. The Hall–Kier alpha value is -0.380. The third-order valence-corrected chi connectivity index (χ3v) is 2.40. The third kappa shape index (κ3) is 2.80. The lowest BCUT2D eigenvalue weighted by molar-refractivity contribution is -0.001000. The highest BCUT2D eigenvalue weighted by Gasteiger charge is 1.99. The molecular weight excluding hydrogens is 239 g/mol. The number of nitrogens with one attached hydrogen (secondary N) is 1. The number of fused-ring (bicyclic) bond motifs is 1. The number of hydrogen-bond acceptors (Lipinski definition) is 2. The van der Waals surface area contributed by atoms with Gasteiger partial charge < -0.3 is 29.8 Å². The molecule has 1 N–H and O–H groups in total. The minimum absolute atomic E-state index is 0. The summed E-state index contributed by atoms with van der Waals surface area (Å²) in [5.74, 6) is 1.06. The number of thioether (sulfide) groups is 1. The van der Waals surface area contributed by atoms with Gasteiger partial charge in [-0.15, -0.1) is 0 Å². The highest BCUT2D eigenvalue weighted by atomic mass is 35.5. The van der Waals surface area contributed by atoms with Crippen molar-refractivity contribution in [3.05, 3.63) is 24.3 Å². The zero-order valence-corrected chi connectivity index (χ0v) is 9.96. The highest BCUT2D eigenvalue weighted by Crippen LogP contribution is 2.18. The van der Waals surface area contributed by atoms with E-state index >= 15 is 0 Å². The molecule has 0 aliphatic heterocycles. The van der Waals surface area contributed by atoms with Gasteiger partial charge in [0.05, 0.1) is 11.0 Å². The topological polar surface area (TPSA) is 28.7 Å². The van der Waals surface area contributed by atoms with Crippen molar-refractivity contribution in [1.82, 2.24) is 9.97 Å². The van der Waals surface area contributed by atoms with Crippen LogP contribution in [0.25, 0.3) is 11.0 Å². The molecule has 0 radical (unpaired) electrons. The van der Waals surface area contributed by atoms with Crippen molar-refractivity contribution >= 4 is 22.8 Å². The minimum atomic E-state index is 0. The van der Waals surface area contributed by atoms with Crippen LogP contribution in [-0.2, 0) is 0 Å². The number of aromatic amines is 1. The highest BCUT2D eigenvalue weighted by molar-refractivity contribution is 7.99. The molecule has 0 aliphatic rings. The van der Waals surface area contributed by atoms with Crippen molar-refractivity contribution in [3.63, 3.8) is 0 Å². The average molecular weight is 249 g/mol. The second kappa shape index (κ2) is 6.17. The number of aromatic nitrogens is 2. The molecule has 0 saturated carbocycles. The zero-order valence-electron chi connectivity index (χ0n) is 7.63. The van der Waals surface area contributed by atoms with Gasteiger partial charge >= 0.3 is 0 Å². The van der Waals surface area contributed by atoms with Crippen LogP contribution in [-0.4, -0.2) is 15.7 Å². The molecule has 14 heavy (non-hydrogen) atoms. The first-order chi connectivity index (χ1) is 5.90. The van der Waals surface area contributed by atoms with Crippen LogP contribution in [0.4, 0.5) is 0 Å². The molecule has 0 fully saturated rings. The van der Waals surface area contributed by atoms with Crippen LogP contribution in [0.15, 0.2) is 29.4 Å². The van der Waals surface area contributed by atoms with Gasteiger partial charge in [0, 0.05) is 0 Å². The summed E-state index contributed by atoms with van der Waals surface area (Å²) >= 11 is 1.73. The van der Waals surface area contributed by atoms with Gasteiger partial charge in [0.1, 0.15) is 0 Å². The lowest BCUT2D eigenvalue weighted by Crippen LogP contribution is -3.00. The Bertz CT molecular complexity index is 356. The van der Waals surface area contributed by atoms with Crippen molar-refractivity contribution in [3.8, 4) is 0 Å². The Morgan fingerprint density at radius 2 is 2.00 bits per heavy atom. The second-order valence-electron chi connectivity index (χ2n) is 2.49. The molecule has 0 atom stereocenters. The van der Waals surface area contributed by atoms with Crippen LogP contribution in [0.5, 0.6) is 0 Å². The molecule has 0 aliphatic carbocycles. The van der Waals surface area contributed by atoms with E-state index in [1.165, 1.54) is 0 Å². The summed E-state index contributed by atoms with van der Waals surface area (Å²) in [5, 5.41) is 1.01. The van der Waals surface area contributed by atoms with E-state index in [-0.39, 0.29) is 24.8 Å². The molecule has 5 heteroatoms. The van der Waals surface area contributed by atoms with Gasteiger partial charge in [0.2, 0.25) is 0 Å². The molecular formula is C9H10Cl2N2S-2. The molecule has 0 spiro atoms. The van der Waals surface area contributed by atoms with Crippen LogP contribution in [0, 0.1) is 0 Å². The SMILES string of the molecule is CCSc1nc2ccccc2[nH]1.[Cl-].[Cl-]. The van der Waals surface area contributed by atoms with Gasteiger partial charge in [-0.1, -0.05) is 30.8 Å². The summed E-state index contributed by atoms with van der Waals surface area (Å²) in [6, 6.07) is 8.08. The zero-order chi connectivity index (χ0) is 8.39. The number of H-pyrrole nitrogens is 1. The maximum Gasteiger partial charge on any atom is 0.166 e. The number of hydrogen-bond donors (Lipinski definition) is 1. The normalized spacial score (nSPS) is 9.21. The van der Waals surface area contributed by atoms with Crippen molar-refractivity contribution < 1.29 is 24.8 Å². The summed E-state index contributed by atoms with van der Waals surface area (Å²) in [7, 11) is 0. The van der Waals surface area contributed by atoms with Crippen LogP contribution in [0.2, 0.25) is 0 Å². The summed E-state index contributed by atoms with van der Waals surface area (Å²) in [6.45, 7) is 2.12. The third-order valence-electron chi connectivity index (χ3n) is 1.65. The molecule has 0 unspecified atom stereocenters. The van der Waals surface area contributed by atoms with Gasteiger partial charge in [-0.05, 0) is 17.9 Å². The van der Waals surface area contributed by atoms with E-state index in [9.17, 15) is 0 Å². The smallest absolute Gasteiger partial charge is 0.166 e. The lowest BCUT2D eigenvalue weighted by atomic mass is 10.3. The summed E-state index contributed by atoms with van der Waals surface area (Å²) in [6.07, 6.45) is 0. The number of halogens is 2. The Morgan fingerprint density at radius 1 is 1.29 bits per heavy atom. The Balaban J connectivity index is 0.000000845. The van der Waals surface area contributed by atoms with Crippen molar-refractivity contribution in [2.45, 2.75) is 12.1 Å². The number of benzene rings is 1. The fourth-order valence-electron chi connectivity index (χ4n) is 1.13. The van der Waals surface area contributed by atoms with Crippen molar-refractivity contribution in [2.24, 2.45) is 0 Å². The summed E-state index contributed by atoms with van der Waals surface area (Å²) in [5.41, 5.74) is 2.17.